The number of aliphatic hydroxyl groups excluding tert-OH is 1. The molecule has 1 atom stereocenters. The minimum atomic E-state index is -0.302. The van der Waals surface area contributed by atoms with Crippen molar-refractivity contribution in [3.63, 3.8) is 0 Å². The normalized spacial score (nSPS) is 12.9. The summed E-state index contributed by atoms with van der Waals surface area (Å²) in [4.78, 5) is 0. The molecule has 0 bridgehead atoms. The van der Waals surface area contributed by atoms with Crippen LogP contribution in [0.2, 0.25) is 0 Å². The highest BCUT2D eigenvalue weighted by Crippen LogP contribution is 2.15. The van der Waals surface area contributed by atoms with Crippen LogP contribution in [-0.4, -0.2) is 17.3 Å². The topological polar surface area (TPSA) is 29.5 Å². The van der Waals surface area contributed by atoms with E-state index in [2.05, 4.69) is 0 Å². The standard InChI is InChI=1S/C12H18O2/c1-9(2)14-12-6-4-5-11(8-12)7-10(3)13/h4-6,8-10,13H,7H2,1-3H3. The molecular formula is C12H18O2. The lowest BCUT2D eigenvalue weighted by atomic mass is 10.1. The van der Waals surface area contributed by atoms with Gasteiger partial charge in [-0.2, -0.15) is 0 Å². The van der Waals surface area contributed by atoms with Gasteiger partial charge in [0.2, 0.25) is 0 Å². The second kappa shape index (κ2) is 5.01. The molecule has 0 fully saturated rings. The van der Waals surface area contributed by atoms with Gasteiger partial charge in [-0.05, 0) is 44.9 Å². The third-order valence-electron chi connectivity index (χ3n) is 1.80. The Labute approximate surface area is 85.5 Å². The third-order valence-corrected chi connectivity index (χ3v) is 1.80. The maximum Gasteiger partial charge on any atom is 0.119 e. The van der Waals surface area contributed by atoms with Gasteiger partial charge in [-0.1, -0.05) is 12.1 Å². The summed E-state index contributed by atoms with van der Waals surface area (Å²) in [5.41, 5.74) is 1.11. The lowest BCUT2D eigenvalue weighted by Gasteiger charge is -2.11. The van der Waals surface area contributed by atoms with Crippen LogP contribution in [0.3, 0.4) is 0 Å². The van der Waals surface area contributed by atoms with Gasteiger partial charge in [-0.25, -0.2) is 0 Å². The van der Waals surface area contributed by atoms with Gasteiger partial charge >= 0.3 is 0 Å². The van der Waals surface area contributed by atoms with E-state index in [-0.39, 0.29) is 12.2 Å². The molecule has 0 aliphatic heterocycles. The van der Waals surface area contributed by atoms with Crippen molar-refractivity contribution in [3.05, 3.63) is 29.8 Å². The molecule has 1 rings (SSSR count). The highest BCUT2D eigenvalue weighted by atomic mass is 16.5. The predicted molar refractivity (Wildman–Crippen MR) is 57.6 cm³/mol. The van der Waals surface area contributed by atoms with Crippen LogP contribution in [0.15, 0.2) is 24.3 Å². The third kappa shape index (κ3) is 3.79. The Morgan fingerprint density at radius 1 is 1.29 bits per heavy atom. The quantitative estimate of drug-likeness (QED) is 0.797. The zero-order chi connectivity index (χ0) is 10.6. The molecule has 1 aromatic rings. The van der Waals surface area contributed by atoms with Crippen LogP contribution >= 0.6 is 0 Å². The van der Waals surface area contributed by atoms with Crippen molar-refractivity contribution in [3.8, 4) is 5.75 Å². The molecule has 0 aliphatic rings. The molecule has 0 aromatic heterocycles. The molecule has 1 unspecified atom stereocenters. The Morgan fingerprint density at radius 2 is 2.00 bits per heavy atom. The lowest BCUT2D eigenvalue weighted by Crippen LogP contribution is -2.07. The van der Waals surface area contributed by atoms with Crippen molar-refractivity contribution >= 4 is 0 Å². The number of hydrogen-bond acceptors (Lipinski definition) is 2. The molecule has 1 aromatic carbocycles. The molecule has 0 heterocycles. The minimum absolute atomic E-state index is 0.191. The fourth-order valence-corrected chi connectivity index (χ4v) is 1.36. The Morgan fingerprint density at radius 3 is 2.57 bits per heavy atom. The van der Waals surface area contributed by atoms with Crippen LogP contribution in [0, 0.1) is 0 Å². The number of ether oxygens (including phenoxy) is 1. The summed E-state index contributed by atoms with van der Waals surface area (Å²) in [7, 11) is 0. The monoisotopic (exact) mass is 194 g/mol. The van der Waals surface area contributed by atoms with Gasteiger partial charge in [0.15, 0.2) is 0 Å². The van der Waals surface area contributed by atoms with Gasteiger partial charge in [0, 0.05) is 0 Å². The fourth-order valence-electron chi connectivity index (χ4n) is 1.36. The second-order valence-electron chi connectivity index (χ2n) is 3.87. The summed E-state index contributed by atoms with van der Waals surface area (Å²) in [5, 5.41) is 9.24. The second-order valence-corrected chi connectivity index (χ2v) is 3.87. The minimum Gasteiger partial charge on any atom is -0.491 e. The summed E-state index contributed by atoms with van der Waals surface area (Å²) in [6, 6.07) is 7.87. The van der Waals surface area contributed by atoms with Crippen LogP contribution in [0.5, 0.6) is 5.75 Å². The van der Waals surface area contributed by atoms with Crippen molar-refractivity contribution in [2.75, 3.05) is 0 Å². The first-order chi connectivity index (χ1) is 6.58. The van der Waals surface area contributed by atoms with Crippen molar-refractivity contribution in [1.82, 2.24) is 0 Å². The Kier molecular flexibility index (Phi) is 3.96. The van der Waals surface area contributed by atoms with Gasteiger partial charge in [0.25, 0.3) is 0 Å². The summed E-state index contributed by atoms with van der Waals surface area (Å²) < 4.78 is 5.55. The van der Waals surface area contributed by atoms with Crippen molar-refractivity contribution in [2.24, 2.45) is 0 Å². The molecule has 0 radical (unpaired) electrons. The molecule has 0 aliphatic carbocycles. The van der Waals surface area contributed by atoms with Gasteiger partial charge in [-0.3, -0.25) is 0 Å². The van der Waals surface area contributed by atoms with Gasteiger partial charge < -0.3 is 9.84 Å². The largest absolute Gasteiger partial charge is 0.491 e. The summed E-state index contributed by atoms with van der Waals surface area (Å²) >= 11 is 0. The lowest BCUT2D eigenvalue weighted by molar-refractivity contribution is 0.195. The number of rotatable bonds is 4. The number of hydrogen-bond donors (Lipinski definition) is 1. The Hall–Kier alpha value is -1.02. The van der Waals surface area contributed by atoms with Crippen LogP contribution in [0.4, 0.5) is 0 Å². The summed E-state index contributed by atoms with van der Waals surface area (Å²) in [6.07, 6.45) is 0.566. The zero-order valence-corrected chi connectivity index (χ0v) is 9.03. The average Bonchev–Trinajstić information content (AvgIpc) is 2.01. The maximum atomic E-state index is 9.24. The van der Waals surface area contributed by atoms with Crippen LogP contribution < -0.4 is 4.74 Å². The van der Waals surface area contributed by atoms with Gasteiger partial charge in [-0.15, -0.1) is 0 Å². The fraction of sp³-hybridized carbons (Fsp3) is 0.500. The van der Waals surface area contributed by atoms with Crippen molar-refractivity contribution < 1.29 is 9.84 Å². The highest BCUT2D eigenvalue weighted by Gasteiger charge is 2.01. The molecule has 78 valence electrons. The average molecular weight is 194 g/mol. The molecule has 2 heteroatoms. The SMILES string of the molecule is CC(O)Cc1cccc(OC(C)C)c1. The predicted octanol–water partition coefficient (Wildman–Crippen LogP) is 2.40. The maximum absolute atomic E-state index is 9.24. The summed E-state index contributed by atoms with van der Waals surface area (Å²) in [6.45, 7) is 5.79. The molecular weight excluding hydrogens is 176 g/mol. The van der Waals surface area contributed by atoms with Crippen LogP contribution in [0.1, 0.15) is 26.3 Å². The van der Waals surface area contributed by atoms with Gasteiger partial charge in [0.1, 0.15) is 5.75 Å². The van der Waals surface area contributed by atoms with E-state index in [1.54, 1.807) is 6.92 Å². The Bertz CT molecular complexity index is 254. The zero-order valence-electron chi connectivity index (χ0n) is 9.03. The summed E-state index contributed by atoms with van der Waals surface area (Å²) in [5.74, 6) is 0.873. The van der Waals surface area contributed by atoms with E-state index in [9.17, 15) is 5.11 Å². The van der Waals surface area contributed by atoms with E-state index >= 15 is 0 Å². The van der Waals surface area contributed by atoms with Crippen molar-refractivity contribution in [1.29, 1.82) is 0 Å². The van der Waals surface area contributed by atoms with Crippen molar-refractivity contribution in [2.45, 2.75) is 39.4 Å². The van der Waals surface area contributed by atoms with E-state index in [4.69, 9.17) is 4.74 Å². The van der Waals surface area contributed by atoms with Gasteiger partial charge in [0.05, 0.1) is 12.2 Å². The molecule has 0 saturated carbocycles. The van der Waals surface area contributed by atoms with E-state index in [1.165, 1.54) is 0 Å². The first-order valence-electron chi connectivity index (χ1n) is 5.01. The molecule has 1 N–H and O–H groups in total. The number of aliphatic hydroxyl groups is 1. The van der Waals surface area contributed by atoms with E-state index in [0.29, 0.717) is 6.42 Å². The highest BCUT2D eigenvalue weighted by molar-refractivity contribution is 5.29. The molecule has 0 spiro atoms. The molecule has 0 amide bonds. The van der Waals surface area contributed by atoms with E-state index in [1.807, 2.05) is 38.1 Å². The Balaban J connectivity index is 2.68. The van der Waals surface area contributed by atoms with E-state index < -0.39 is 0 Å². The van der Waals surface area contributed by atoms with Crippen LogP contribution in [0.25, 0.3) is 0 Å². The smallest absolute Gasteiger partial charge is 0.119 e. The molecule has 14 heavy (non-hydrogen) atoms. The van der Waals surface area contributed by atoms with E-state index in [0.717, 1.165) is 11.3 Å². The first-order valence-corrected chi connectivity index (χ1v) is 5.01. The van der Waals surface area contributed by atoms with Crippen LogP contribution in [-0.2, 0) is 6.42 Å². The molecule has 0 saturated heterocycles. The number of benzene rings is 1. The first kappa shape index (κ1) is 11.1. The molecule has 2 nitrogen and oxygen atoms in total.